The molecule has 3 aromatic rings. The van der Waals surface area contributed by atoms with Crippen LogP contribution in [0.3, 0.4) is 0 Å². The predicted octanol–water partition coefficient (Wildman–Crippen LogP) is 4.25. The van der Waals surface area contributed by atoms with Crippen molar-refractivity contribution >= 4 is 28.5 Å². The van der Waals surface area contributed by atoms with E-state index in [-0.39, 0.29) is 5.56 Å². The largest absolute Gasteiger partial charge is 0.355 e. The second kappa shape index (κ2) is 6.84. The van der Waals surface area contributed by atoms with Gasteiger partial charge in [0.25, 0.3) is 5.56 Å². The van der Waals surface area contributed by atoms with Crippen molar-refractivity contribution in [2.75, 3.05) is 11.9 Å². The molecule has 118 valence electrons. The molecule has 0 atom stereocenters. The number of nitrogens with zero attached hydrogens (tertiary/aromatic N) is 2. The van der Waals surface area contributed by atoms with Gasteiger partial charge in [-0.1, -0.05) is 37.1 Å². The summed E-state index contributed by atoms with van der Waals surface area (Å²) in [6.07, 6.45) is 2.09. The first-order valence-corrected chi connectivity index (χ1v) is 8.10. The first-order chi connectivity index (χ1) is 11.2. The van der Waals surface area contributed by atoms with Crippen LogP contribution in [0.4, 0.5) is 5.95 Å². The zero-order valence-corrected chi connectivity index (χ0v) is 13.7. The van der Waals surface area contributed by atoms with Crippen LogP contribution in [0.15, 0.2) is 53.3 Å². The molecule has 0 aliphatic heterocycles. The van der Waals surface area contributed by atoms with E-state index in [1.807, 2.05) is 30.3 Å². The van der Waals surface area contributed by atoms with E-state index in [0.29, 0.717) is 21.9 Å². The zero-order chi connectivity index (χ0) is 16.2. The summed E-state index contributed by atoms with van der Waals surface area (Å²) < 4.78 is 1.61. The van der Waals surface area contributed by atoms with Crippen molar-refractivity contribution in [3.05, 3.63) is 63.9 Å². The third-order valence-electron chi connectivity index (χ3n) is 3.67. The number of fused-ring (bicyclic) bond motifs is 1. The van der Waals surface area contributed by atoms with Crippen LogP contribution in [0.25, 0.3) is 16.6 Å². The van der Waals surface area contributed by atoms with Gasteiger partial charge in [0.2, 0.25) is 5.95 Å². The standard InChI is InChI=1S/C18H18ClN3O/c1-2-3-12-20-18-21-16-7-5-4-6-15(16)17(23)22(18)14-10-8-13(19)9-11-14/h4-11H,2-3,12H2,1H3,(H,20,21). The summed E-state index contributed by atoms with van der Waals surface area (Å²) in [5.41, 5.74) is 1.36. The maximum Gasteiger partial charge on any atom is 0.267 e. The van der Waals surface area contributed by atoms with Gasteiger partial charge in [0.1, 0.15) is 0 Å². The number of halogens is 1. The van der Waals surface area contributed by atoms with Gasteiger partial charge < -0.3 is 5.32 Å². The number of aromatic nitrogens is 2. The highest BCUT2D eigenvalue weighted by atomic mass is 35.5. The first kappa shape index (κ1) is 15.6. The van der Waals surface area contributed by atoms with Crippen molar-refractivity contribution in [3.8, 4) is 5.69 Å². The zero-order valence-electron chi connectivity index (χ0n) is 12.9. The Morgan fingerprint density at radius 1 is 1.13 bits per heavy atom. The normalized spacial score (nSPS) is 10.9. The summed E-state index contributed by atoms with van der Waals surface area (Å²) in [5.74, 6) is 0.560. The van der Waals surface area contributed by atoms with Crippen LogP contribution in [0.2, 0.25) is 5.02 Å². The molecule has 0 spiro atoms. The molecule has 0 aliphatic carbocycles. The molecule has 0 fully saturated rings. The summed E-state index contributed by atoms with van der Waals surface area (Å²) in [5, 5.41) is 4.51. The summed E-state index contributed by atoms with van der Waals surface area (Å²) in [6, 6.07) is 14.6. The Labute approximate surface area is 139 Å². The van der Waals surface area contributed by atoms with Gasteiger partial charge in [-0.25, -0.2) is 9.55 Å². The molecule has 0 saturated heterocycles. The Kier molecular flexibility index (Phi) is 4.63. The van der Waals surface area contributed by atoms with Crippen LogP contribution in [-0.4, -0.2) is 16.1 Å². The van der Waals surface area contributed by atoms with E-state index in [9.17, 15) is 4.79 Å². The number of unbranched alkanes of at least 4 members (excludes halogenated alkanes) is 1. The lowest BCUT2D eigenvalue weighted by molar-refractivity contribution is 0.816. The fourth-order valence-corrected chi connectivity index (χ4v) is 2.58. The molecular formula is C18H18ClN3O. The summed E-state index contributed by atoms with van der Waals surface area (Å²) in [6.45, 7) is 2.90. The highest BCUT2D eigenvalue weighted by Crippen LogP contribution is 2.18. The third-order valence-corrected chi connectivity index (χ3v) is 3.93. The lowest BCUT2D eigenvalue weighted by Crippen LogP contribution is -2.24. The molecule has 0 unspecified atom stereocenters. The molecule has 4 nitrogen and oxygen atoms in total. The number of hydrogen-bond donors (Lipinski definition) is 1. The van der Waals surface area contributed by atoms with Crippen LogP contribution in [0, 0.1) is 0 Å². The molecule has 3 rings (SSSR count). The highest BCUT2D eigenvalue weighted by molar-refractivity contribution is 6.30. The monoisotopic (exact) mass is 327 g/mol. The predicted molar refractivity (Wildman–Crippen MR) is 95.7 cm³/mol. The number of benzene rings is 2. The minimum Gasteiger partial charge on any atom is -0.355 e. The third kappa shape index (κ3) is 3.22. The Morgan fingerprint density at radius 2 is 1.87 bits per heavy atom. The summed E-state index contributed by atoms with van der Waals surface area (Å²) in [4.78, 5) is 17.5. The molecule has 0 amide bonds. The Morgan fingerprint density at radius 3 is 2.61 bits per heavy atom. The van der Waals surface area contributed by atoms with E-state index < -0.39 is 0 Å². The molecule has 1 heterocycles. The Hall–Kier alpha value is -2.33. The fourth-order valence-electron chi connectivity index (χ4n) is 2.46. The molecule has 0 bridgehead atoms. The topological polar surface area (TPSA) is 46.9 Å². The summed E-state index contributed by atoms with van der Waals surface area (Å²) in [7, 11) is 0. The molecule has 23 heavy (non-hydrogen) atoms. The van der Waals surface area contributed by atoms with Crippen LogP contribution < -0.4 is 10.9 Å². The lowest BCUT2D eigenvalue weighted by atomic mass is 10.2. The number of para-hydroxylation sites is 1. The van der Waals surface area contributed by atoms with Crippen LogP contribution in [0.1, 0.15) is 19.8 Å². The second-order valence-corrected chi connectivity index (χ2v) is 5.79. The number of rotatable bonds is 5. The van der Waals surface area contributed by atoms with Crippen molar-refractivity contribution in [2.45, 2.75) is 19.8 Å². The maximum atomic E-state index is 12.9. The van der Waals surface area contributed by atoms with Gasteiger partial charge in [-0.3, -0.25) is 4.79 Å². The van der Waals surface area contributed by atoms with Crippen molar-refractivity contribution in [2.24, 2.45) is 0 Å². The molecule has 2 aromatic carbocycles. The van der Waals surface area contributed by atoms with E-state index >= 15 is 0 Å². The fraction of sp³-hybridized carbons (Fsp3) is 0.222. The number of nitrogens with one attached hydrogen (secondary N) is 1. The smallest absolute Gasteiger partial charge is 0.267 e. The van der Waals surface area contributed by atoms with Crippen molar-refractivity contribution in [1.82, 2.24) is 9.55 Å². The number of anilines is 1. The highest BCUT2D eigenvalue weighted by Gasteiger charge is 2.12. The molecule has 0 radical (unpaired) electrons. The van der Waals surface area contributed by atoms with Crippen molar-refractivity contribution < 1.29 is 0 Å². The van der Waals surface area contributed by atoms with Gasteiger partial charge in [-0.05, 0) is 42.8 Å². The average molecular weight is 328 g/mol. The van der Waals surface area contributed by atoms with Gasteiger partial charge in [-0.15, -0.1) is 0 Å². The lowest BCUT2D eigenvalue weighted by Gasteiger charge is -2.14. The van der Waals surface area contributed by atoms with Crippen molar-refractivity contribution in [1.29, 1.82) is 0 Å². The number of hydrogen-bond acceptors (Lipinski definition) is 3. The summed E-state index contributed by atoms with van der Waals surface area (Å²) >= 11 is 5.96. The Bertz CT molecular complexity index is 872. The second-order valence-electron chi connectivity index (χ2n) is 5.35. The van der Waals surface area contributed by atoms with Gasteiger partial charge in [0, 0.05) is 11.6 Å². The molecule has 1 N–H and O–H groups in total. The average Bonchev–Trinajstić information content (AvgIpc) is 2.57. The minimum atomic E-state index is -0.0862. The van der Waals surface area contributed by atoms with Crippen molar-refractivity contribution in [3.63, 3.8) is 0 Å². The molecule has 0 saturated carbocycles. The SMILES string of the molecule is CCCCNc1nc2ccccc2c(=O)n1-c1ccc(Cl)cc1. The van der Waals surface area contributed by atoms with E-state index in [1.165, 1.54) is 0 Å². The van der Waals surface area contributed by atoms with Crippen LogP contribution in [0.5, 0.6) is 0 Å². The molecule has 1 aromatic heterocycles. The van der Waals surface area contributed by atoms with E-state index in [2.05, 4.69) is 17.2 Å². The van der Waals surface area contributed by atoms with E-state index in [1.54, 1.807) is 22.8 Å². The Balaban J connectivity index is 2.19. The van der Waals surface area contributed by atoms with Gasteiger partial charge in [0.05, 0.1) is 16.6 Å². The van der Waals surface area contributed by atoms with E-state index in [4.69, 9.17) is 11.6 Å². The van der Waals surface area contributed by atoms with Crippen LogP contribution >= 0.6 is 11.6 Å². The quantitative estimate of drug-likeness (QED) is 0.712. The van der Waals surface area contributed by atoms with Gasteiger partial charge in [0.15, 0.2) is 0 Å². The molecule has 5 heteroatoms. The maximum absolute atomic E-state index is 12.9. The molecular weight excluding hydrogens is 310 g/mol. The molecule has 0 aliphatic rings. The van der Waals surface area contributed by atoms with Gasteiger partial charge in [-0.2, -0.15) is 0 Å². The first-order valence-electron chi connectivity index (χ1n) is 7.72. The minimum absolute atomic E-state index is 0.0862. The van der Waals surface area contributed by atoms with E-state index in [0.717, 1.165) is 25.1 Å². The van der Waals surface area contributed by atoms with Gasteiger partial charge >= 0.3 is 0 Å². The van der Waals surface area contributed by atoms with Crippen LogP contribution in [-0.2, 0) is 0 Å².